The normalized spacial score (nSPS) is 3.25. The Bertz CT molecular complexity index is 13.5. The van der Waals surface area contributed by atoms with Crippen molar-refractivity contribution in [3.05, 3.63) is 0 Å². The Morgan fingerprint density at radius 1 is 1.75 bits per heavy atom. The van der Waals surface area contributed by atoms with E-state index in [9.17, 15) is 0 Å². The number of carbonyl (C=O) groups is 1. The first-order valence-corrected chi connectivity index (χ1v) is 0.813. The van der Waals surface area contributed by atoms with Crippen LogP contribution in [-0.4, -0.2) is 33.6 Å². The van der Waals surface area contributed by atoms with Crippen LogP contribution in [-0.2, 0) is 4.79 Å². The van der Waals surface area contributed by atoms with Crippen molar-refractivity contribution in [3.63, 3.8) is 0 Å². The standard InChI is InChI=1S/C2H4O.Pb/c1-2-3;/h2H,1H3;. The van der Waals surface area contributed by atoms with Gasteiger partial charge in [0, 0.05) is 27.3 Å². The minimum Gasteiger partial charge on any atom is -0.304 e. The molecule has 0 atom stereocenters. The van der Waals surface area contributed by atoms with E-state index in [0.29, 0.717) is 0 Å². The zero-order valence-electron chi connectivity index (χ0n) is 2.49. The predicted octanol–water partition coefficient (Wildman–Crippen LogP) is -0.176. The van der Waals surface area contributed by atoms with Gasteiger partial charge >= 0.3 is 0 Å². The Morgan fingerprint density at radius 3 is 1.75 bits per heavy atom. The minimum atomic E-state index is 0. The van der Waals surface area contributed by atoms with Gasteiger partial charge in [0.1, 0.15) is 6.29 Å². The van der Waals surface area contributed by atoms with Gasteiger partial charge in [-0.3, -0.25) is 0 Å². The van der Waals surface area contributed by atoms with Gasteiger partial charge in [-0.25, -0.2) is 0 Å². The third kappa shape index (κ3) is 18.7. The largest absolute Gasteiger partial charge is 0.304 e. The van der Waals surface area contributed by atoms with Crippen LogP contribution in [0.4, 0.5) is 0 Å². The van der Waals surface area contributed by atoms with Gasteiger partial charge in [-0.05, 0) is 6.92 Å². The summed E-state index contributed by atoms with van der Waals surface area (Å²) in [5.41, 5.74) is 0. The molecule has 0 saturated carbocycles. The van der Waals surface area contributed by atoms with Crippen molar-refractivity contribution in [3.8, 4) is 0 Å². The van der Waals surface area contributed by atoms with Crippen LogP contribution in [0.5, 0.6) is 0 Å². The predicted molar refractivity (Wildman–Crippen MR) is 17.5 cm³/mol. The van der Waals surface area contributed by atoms with Crippen molar-refractivity contribution in [2.75, 3.05) is 0 Å². The third-order valence-electron chi connectivity index (χ3n) is 0. The first-order valence-electron chi connectivity index (χ1n) is 0.813. The number of hydrogen-bond donors (Lipinski definition) is 0. The summed E-state index contributed by atoms with van der Waals surface area (Å²) in [4.78, 5) is 8.81. The van der Waals surface area contributed by atoms with Gasteiger partial charge < -0.3 is 4.79 Å². The Morgan fingerprint density at radius 2 is 1.75 bits per heavy atom. The number of rotatable bonds is 0. The molecule has 0 saturated heterocycles. The number of aldehydes is 1. The molecule has 0 amide bonds. The van der Waals surface area contributed by atoms with Crippen molar-refractivity contribution < 1.29 is 4.79 Å². The molecule has 0 aliphatic rings. The van der Waals surface area contributed by atoms with Crippen LogP contribution in [0.1, 0.15) is 6.92 Å². The second-order valence-corrected chi connectivity index (χ2v) is 0.236. The Hall–Kier alpha value is 0.592. The molecule has 4 radical (unpaired) electrons. The third-order valence-corrected chi connectivity index (χ3v) is 0. The topological polar surface area (TPSA) is 17.1 Å². The molecule has 0 aliphatic heterocycles. The van der Waals surface area contributed by atoms with E-state index in [4.69, 9.17) is 4.79 Å². The maximum Gasteiger partial charge on any atom is 0.116 e. The Balaban J connectivity index is 0. The fraction of sp³-hybridized carbons (Fsp3) is 0.500. The van der Waals surface area contributed by atoms with E-state index in [1.807, 2.05) is 0 Å². The first-order chi connectivity index (χ1) is 1.41. The molecule has 0 unspecified atom stereocenters. The van der Waals surface area contributed by atoms with Crippen molar-refractivity contribution in [1.29, 1.82) is 0 Å². The molecule has 0 N–H and O–H groups in total. The summed E-state index contributed by atoms with van der Waals surface area (Å²) in [6, 6.07) is 0. The van der Waals surface area contributed by atoms with Crippen molar-refractivity contribution in [1.82, 2.24) is 0 Å². The molecule has 0 heterocycles. The molecule has 2 heteroatoms. The summed E-state index contributed by atoms with van der Waals surface area (Å²) in [5, 5.41) is 0. The summed E-state index contributed by atoms with van der Waals surface area (Å²) < 4.78 is 0. The van der Waals surface area contributed by atoms with E-state index >= 15 is 0 Å². The van der Waals surface area contributed by atoms with Crippen LogP contribution in [0, 0.1) is 0 Å². The van der Waals surface area contributed by atoms with Gasteiger partial charge in [0.15, 0.2) is 0 Å². The van der Waals surface area contributed by atoms with E-state index in [0.717, 1.165) is 6.29 Å². The van der Waals surface area contributed by atoms with Crippen LogP contribution in [0.15, 0.2) is 0 Å². The van der Waals surface area contributed by atoms with E-state index in [-0.39, 0.29) is 27.3 Å². The molecule has 22 valence electrons. The average molecular weight is 251 g/mol. The van der Waals surface area contributed by atoms with E-state index in [2.05, 4.69) is 0 Å². The van der Waals surface area contributed by atoms with Crippen LogP contribution in [0.3, 0.4) is 0 Å². The van der Waals surface area contributed by atoms with Crippen LogP contribution >= 0.6 is 0 Å². The maximum absolute atomic E-state index is 8.81. The molecule has 1 nitrogen and oxygen atoms in total. The van der Waals surface area contributed by atoms with E-state index < -0.39 is 0 Å². The molecule has 0 rings (SSSR count). The SMILES string of the molecule is CC=O.[Pb]. The zero-order valence-corrected chi connectivity index (χ0v) is 6.37. The second kappa shape index (κ2) is 9.52. The van der Waals surface area contributed by atoms with E-state index in [1.165, 1.54) is 6.92 Å². The van der Waals surface area contributed by atoms with Crippen molar-refractivity contribution in [2.45, 2.75) is 6.92 Å². The maximum atomic E-state index is 8.81. The fourth-order valence-corrected chi connectivity index (χ4v) is 0. The molecular weight excluding hydrogens is 247 g/mol. The molecule has 0 aromatic heterocycles. The molecule has 4 heavy (non-hydrogen) atoms. The average Bonchev–Trinajstić information content (AvgIpc) is 0.918. The zero-order chi connectivity index (χ0) is 2.71. The summed E-state index contributed by atoms with van der Waals surface area (Å²) in [6.45, 7) is 1.44. The molecule has 0 fully saturated rings. The van der Waals surface area contributed by atoms with Gasteiger partial charge in [0.25, 0.3) is 0 Å². The Kier molecular flexibility index (Phi) is 21.0. The molecule has 0 aliphatic carbocycles. The van der Waals surface area contributed by atoms with Crippen LogP contribution < -0.4 is 0 Å². The molecule has 0 spiro atoms. The van der Waals surface area contributed by atoms with Crippen LogP contribution in [0.2, 0.25) is 0 Å². The number of hydrogen-bond acceptors (Lipinski definition) is 1. The monoisotopic (exact) mass is 252 g/mol. The first kappa shape index (κ1) is 8.82. The smallest absolute Gasteiger partial charge is 0.116 e. The van der Waals surface area contributed by atoms with E-state index in [1.54, 1.807) is 0 Å². The summed E-state index contributed by atoms with van der Waals surface area (Å²) >= 11 is 0. The molecule has 0 aromatic carbocycles. The van der Waals surface area contributed by atoms with Gasteiger partial charge in [-0.2, -0.15) is 0 Å². The number of carbonyl (C=O) groups excluding carboxylic acids is 1. The summed E-state index contributed by atoms with van der Waals surface area (Å²) in [5.74, 6) is 0. The van der Waals surface area contributed by atoms with Gasteiger partial charge in [0.2, 0.25) is 0 Å². The van der Waals surface area contributed by atoms with Crippen molar-refractivity contribution >= 4 is 33.6 Å². The minimum absolute atomic E-state index is 0. The fourth-order valence-electron chi connectivity index (χ4n) is 0. The summed E-state index contributed by atoms with van der Waals surface area (Å²) in [7, 11) is 0. The second-order valence-electron chi connectivity index (χ2n) is 0.236. The quantitative estimate of drug-likeness (QED) is 0.431. The van der Waals surface area contributed by atoms with Gasteiger partial charge in [-0.1, -0.05) is 0 Å². The Labute approximate surface area is 45.5 Å². The molecule has 0 aromatic rings. The molecule has 0 bridgehead atoms. The summed E-state index contributed by atoms with van der Waals surface area (Å²) in [6.07, 6.45) is 0.750. The van der Waals surface area contributed by atoms with Crippen LogP contribution in [0.25, 0.3) is 0 Å². The van der Waals surface area contributed by atoms with Gasteiger partial charge in [-0.15, -0.1) is 0 Å². The van der Waals surface area contributed by atoms with Crippen molar-refractivity contribution in [2.24, 2.45) is 0 Å². The van der Waals surface area contributed by atoms with Gasteiger partial charge in [0.05, 0.1) is 0 Å². The molecular formula is C2H4OPb.